The van der Waals surface area contributed by atoms with Crippen LogP contribution in [0.25, 0.3) is 0 Å². The van der Waals surface area contributed by atoms with E-state index in [1.165, 1.54) is 12.3 Å². The third kappa shape index (κ3) is 5.00. The highest BCUT2D eigenvalue weighted by molar-refractivity contribution is 6.99. The van der Waals surface area contributed by atoms with Crippen molar-refractivity contribution in [1.82, 2.24) is 14.5 Å². The van der Waals surface area contributed by atoms with Crippen LogP contribution in [0.3, 0.4) is 0 Å². The molecule has 1 saturated heterocycles. The summed E-state index contributed by atoms with van der Waals surface area (Å²) >= 11 is 0. The summed E-state index contributed by atoms with van der Waals surface area (Å²) in [4.78, 5) is 40.4. The van der Waals surface area contributed by atoms with Crippen molar-refractivity contribution in [2.45, 2.75) is 50.9 Å². The van der Waals surface area contributed by atoms with Gasteiger partial charge in [-0.15, -0.1) is 0 Å². The molecule has 0 unspecified atom stereocenters. The Hall–Kier alpha value is -3.27. The standard InChI is InChI=1S/C27H33N3O5Si/c1-27(2,3)36(22-10-6-4-7-11-22,23-12-8-5-9-13-23)35-21-16-20(19-31)30(17-21)25(33)18-29-15-14-24(32)28-26(29)34/h4-15,20-21,31H,16-19H2,1-3H3,(H,28,32,34)/t20-,21+/m0/s1. The highest BCUT2D eigenvalue weighted by atomic mass is 28.4. The maximum Gasteiger partial charge on any atom is 0.328 e. The number of H-pyrrole nitrogens is 1. The van der Waals surface area contributed by atoms with Gasteiger partial charge in [0.15, 0.2) is 0 Å². The number of benzene rings is 2. The molecule has 3 aromatic rings. The molecule has 36 heavy (non-hydrogen) atoms. The molecule has 1 aliphatic rings. The molecule has 190 valence electrons. The number of amides is 1. The lowest BCUT2D eigenvalue weighted by atomic mass is 10.2. The van der Waals surface area contributed by atoms with Gasteiger partial charge >= 0.3 is 5.69 Å². The van der Waals surface area contributed by atoms with Crippen LogP contribution in [0.1, 0.15) is 27.2 Å². The number of hydrogen-bond donors (Lipinski definition) is 2. The third-order valence-electron chi connectivity index (χ3n) is 6.87. The molecule has 9 heteroatoms. The van der Waals surface area contributed by atoms with Gasteiger partial charge in [0, 0.05) is 18.8 Å². The van der Waals surface area contributed by atoms with E-state index in [-0.39, 0.29) is 30.2 Å². The maximum atomic E-state index is 13.2. The molecule has 2 heterocycles. The van der Waals surface area contributed by atoms with Crippen molar-refractivity contribution in [2.24, 2.45) is 0 Å². The summed E-state index contributed by atoms with van der Waals surface area (Å²) in [5.74, 6) is -0.309. The van der Waals surface area contributed by atoms with Gasteiger partial charge in [-0.3, -0.25) is 19.1 Å². The fraction of sp³-hybridized carbons (Fsp3) is 0.370. The molecule has 2 N–H and O–H groups in total. The zero-order valence-electron chi connectivity index (χ0n) is 20.9. The van der Waals surface area contributed by atoms with Crippen LogP contribution in [0.2, 0.25) is 5.04 Å². The van der Waals surface area contributed by atoms with Gasteiger partial charge in [-0.25, -0.2) is 4.79 Å². The van der Waals surface area contributed by atoms with E-state index in [9.17, 15) is 19.5 Å². The Labute approximate surface area is 211 Å². The molecule has 1 aromatic heterocycles. The Kier molecular flexibility index (Phi) is 7.44. The number of aliphatic hydroxyl groups excluding tert-OH is 1. The summed E-state index contributed by atoms with van der Waals surface area (Å²) in [6.07, 6.45) is 1.51. The first-order valence-electron chi connectivity index (χ1n) is 12.1. The van der Waals surface area contributed by atoms with E-state index < -0.39 is 25.6 Å². The van der Waals surface area contributed by atoms with Crippen molar-refractivity contribution in [3.8, 4) is 0 Å². The van der Waals surface area contributed by atoms with Crippen LogP contribution in [0.15, 0.2) is 82.5 Å². The Morgan fingerprint density at radius 2 is 1.61 bits per heavy atom. The van der Waals surface area contributed by atoms with Crippen LogP contribution in [0.4, 0.5) is 0 Å². The fourth-order valence-electron chi connectivity index (χ4n) is 5.18. The predicted molar refractivity (Wildman–Crippen MR) is 141 cm³/mol. The van der Waals surface area contributed by atoms with Gasteiger partial charge in [-0.2, -0.15) is 0 Å². The van der Waals surface area contributed by atoms with Crippen molar-refractivity contribution in [2.75, 3.05) is 13.2 Å². The summed E-state index contributed by atoms with van der Waals surface area (Å²) < 4.78 is 8.32. The number of likely N-dealkylation sites (tertiary alicyclic amines) is 1. The summed E-state index contributed by atoms with van der Waals surface area (Å²) in [5.41, 5.74) is -1.16. The largest absolute Gasteiger partial charge is 0.403 e. The first-order chi connectivity index (χ1) is 17.2. The highest BCUT2D eigenvalue weighted by Crippen LogP contribution is 2.39. The lowest BCUT2D eigenvalue weighted by molar-refractivity contribution is -0.133. The van der Waals surface area contributed by atoms with Crippen LogP contribution < -0.4 is 21.6 Å². The van der Waals surface area contributed by atoms with E-state index in [0.717, 1.165) is 14.9 Å². The molecule has 1 aliphatic heterocycles. The molecule has 0 aliphatic carbocycles. The Balaban J connectivity index is 1.66. The zero-order chi connectivity index (χ0) is 25.9. The molecular formula is C27H33N3O5Si. The van der Waals surface area contributed by atoms with Gasteiger partial charge in [0.05, 0.1) is 18.8 Å². The highest BCUT2D eigenvalue weighted by Gasteiger charge is 2.52. The summed E-state index contributed by atoms with van der Waals surface area (Å²) in [6.45, 7) is 6.48. The van der Waals surface area contributed by atoms with Crippen molar-refractivity contribution in [3.63, 3.8) is 0 Å². The van der Waals surface area contributed by atoms with Crippen LogP contribution in [0, 0.1) is 0 Å². The molecule has 0 saturated carbocycles. The number of aromatic nitrogens is 2. The van der Waals surface area contributed by atoms with Gasteiger partial charge in [-0.1, -0.05) is 81.4 Å². The molecule has 0 bridgehead atoms. The first-order valence-corrected chi connectivity index (χ1v) is 14.1. The molecule has 1 amide bonds. The predicted octanol–water partition coefficient (Wildman–Crippen LogP) is 1.08. The van der Waals surface area contributed by atoms with Crippen molar-refractivity contribution >= 4 is 24.6 Å². The number of hydrogen-bond acceptors (Lipinski definition) is 5. The van der Waals surface area contributed by atoms with Gasteiger partial charge in [0.2, 0.25) is 5.91 Å². The molecule has 2 atom stereocenters. The lowest BCUT2D eigenvalue weighted by Gasteiger charge is -2.44. The third-order valence-corrected chi connectivity index (χ3v) is 12.0. The summed E-state index contributed by atoms with van der Waals surface area (Å²) in [5, 5.41) is 12.2. The minimum absolute atomic E-state index is 0.202. The van der Waals surface area contributed by atoms with Gasteiger partial charge in [-0.05, 0) is 21.8 Å². The summed E-state index contributed by atoms with van der Waals surface area (Å²) in [6, 6.07) is 21.4. The molecule has 0 radical (unpaired) electrons. The van der Waals surface area contributed by atoms with Gasteiger partial charge < -0.3 is 14.4 Å². The average Bonchev–Trinajstić information content (AvgIpc) is 3.27. The second-order valence-electron chi connectivity index (χ2n) is 10.3. The molecule has 2 aromatic carbocycles. The number of rotatable bonds is 7. The minimum Gasteiger partial charge on any atom is -0.403 e. The molecule has 1 fully saturated rings. The zero-order valence-corrected chi connectivity index (χ0v) is 21.9. The minimum atomic E-state index is -2.82. The number of nitrogens with one attached hydrogen (secondary N) is 1. The second kappa shape index (κ2) is 10.4. The van der Waals surface area contributed by atoms with Crippen molar-refractivity contribution < 1.29 is 14.3 Å². The van der Waals surface area contributed by atoms with E-state index in [1.54, 1.807) is 4.90 Å². The monoisotopic (exact) mass is 507 g/mol. The van der Waals surface area contributed by atoms with Gasteiger partial charge in [0.25, 0.3) is 13.9 Å². The first kappa shape index (κ1) is 25.8. The van der Waals surface area contributed by atoms with Crippen LogP contribution in [-0.2, 0) is 15.8 Å². The molecular weight excluding hydrogens is 474 g/mol. The number of carbonyl (C=O) groups excluding carboxylic acids is 1. The van der Waals surface area contributed by atoms with Crippen LogP contribution in [0.5, 0.6) is 0 Å². The Bertz CT molecular complexity index is 1260. The quantitative estimate of drug-likeness (QED) is 0.466. The smallest absolute Gasteiger partial charge is 0.328 e. The number of nitrogens with zero attached hydrogens (tertiary/aromatic N) is 2. The lowest BCUT2D eigenvalue weighted by Crippen LogP contribution is -2.67. The maximum absolute atomic E-state index is 13.2. The Morgan fingerprint density at radius 3 is 2.11 bits per heavy atom. The van der Waals surface area contributed by atoms with E-state index in [2.05, 4.69) is 50.0 Å². The van der Waals surface area contributed by atoms with Crippen LogP contribution in [-0.4, -0.2) is 59.1 Å². The molecule has 0 spiro atoms. The van der Waals surface area contributed by atoms with Crippen LogP contribution >= 0.6 is 0 Å². The molecule has 8 nitrogen and oxygen atoms in total. The second-order valence-corrected chi connectivity index (χ2v) is 14.5. The van der Waals surface area contributed by atoms with E-state index in [4.69, 9.17) is 4.43 Å². The number of aromatic amines is 1. The average molecular weight is 508 g/mol. The molecule has 4 rings (SSSR count). The topological polar surface area (TPSA) is 105 Å². The number of aliphatic hydroxyl groups is 1. The fourth-order valence-corrected chi connectivity index (χ4v) is 9.87. The van der Waals surface area contributed by atoms with Gasteiger partial charge in [0.1, 0.15) is 6.54 Å². The normalized spacial score (nSPS) is 18.4. The number of carbonyl (C=O) groups is 1. The van der Waals surface area contributed by atoms with Crippen molar-refractivity contribution in [3.05, 3.63) is 93.8 Å². The van der Waals surface area contributed by atoms with Crippen molar-refractivity contribution in [1.29, 1.82) is 0 Å². The Morgan fingerprint density at radius 1 is 1.03 bits per heavy atom. The SMILES string of the molecule is CC(C)(C)[Si](O[C@@H]1C[C@@H](CO)N(C(=O)Cn2ccc(=O)[nH]c2=O)C1)(c1ccccc1)c1ccccc1. The van der Waals surface area contributed by atoms with E-state index in [0.29, 0.717) is 13.0 Å². The van der Waals surface area contributed by atoms with E-state index >= 15 is 0 Å². The van der Waals surface area contributed by atoms with E-state index in [1.807, 2.05) is 36.4 Å². The summed E-state index contributed by atoms with van der Waals surface area (Å²) in [7, 11) is -2.82.